The highest BCUT2D eigenvalue weighted by molar-refractivity contribution is 9.09. The highest BCUT2D eigenvalue weighted by Crippen LogP contribution is 2.48. The van der Waals surface area contributed by atoms with Crippen molar-refractivity contribution < 1.29 is 4.79 Å². The van der Waals surface area contributed by atoms with Crippen LogP contribution in [0.3, 0.4) is 0 Å². The molecule has 0 saturated heterocycles. The zero-order valence-electron chi connectivity index (χ0n) is 10.8. The summed E-state index contributed by atoms with van der Waals surface area (Å²) in [5, 5.41) is 4.20. The molecule has 0 aromatic heterocycles. The van der Waals surface area contributed by atoms with E-state index in [2.05, 4.69) is 28.2 Å². The third-order valence-corrected chi connectivity index (χ3v) is 5.62. The molecule has 4 unspecified atom stereocenters. The average Bonchev–Trinajstić information content (AvgIpc) is 2.96. The first-order valence-electron chi connectivity index (χ1n) is 7.04. The molecule has 2 fully saturated rings. The quantitative estimate of drug-likeness (QED) is 0.591. The van der Waals surface area contributed by atoms with Gasteiger partial charge in [0.15, 0.2) is 0 Å². The second kappa shape index (κ2) is 6.21. The molecule has 2 saturated carbocycles. The van der Waals surface area contributed by atoms with Gasteiger partial charge in [-0.2, -0.15) is 0 Å². The highest BCUT2D eigenvalue weighted by Gasteiger charge is 2.42. The van der Waals surface area contributed by atoms with Crippen LogP contribution in [0.15, 0.2) is 0 Å². The molecule has 2 rings (SSSR count). The van der Waals surface area contributed by atoms with Gasteiger partial charge >= 0.3 is 0 Å². The van der Waals surface area contributed by atoms with Crippen molar-refractivity contribution in [2.24, 2.45) is 23.7 Å². The zero-order chi connectivity index (χ0) is 12.3. The summed E-state index contributed by atoms with van der Waals surface area (Å²) in [6.45, 7) is 3.11. The van der Waals surface area contributed by atoms with Crippen LogP contribution in [-0.2, 0) is 4.79 Å². The fourth-order valence-corrected chi connectivity index (χ4v) is 3.76. The lowest BCUT2D eigenvalue weighted by Gasteiger charge is -2.20. The molecule has 1 N–H and O–H groups in total. The molecule has 0 aromatic rings. The minimum Gasteiger partial charge on any atom is -0.356 e. The molecule has 0 spiro atoms. The molecule has 2 aliphatic carbocycles. The standard InChI is InChI=1S/C14H24BrNO/c1-10(9-15)3-2-6-16-14(17)13-8-11-4-5-12(13)7-11/h10-13H,2-9H2,1H3,(H,16,17). The average molecular weight is 302 g/mol. The third-order valence-electron chi connectivity index (χ3n) is 4.51. The molecule has 0 radical (unpaired) electrons. The molecule has 4 atom stereocenters. The van der Waals surface area contributed by atoms with Crippen LogP contribution in [0.2, 0.25) is 0 Å². The largest absolute Gasteiger partial charge is 0.356 e. The van der Waals surface area contributed by atoms with Crippen LogP contribution in [0.25, 0.3) is 0 Å². The first-order valence-corrected chi connectivity index (χ1v) is 8.16. The van der Waals surface area contributed by atoms with Gasteiger partial charge in [-0.15, -0.1) is 0 Å². The lowest BCUT2D eigenvalue weighted by molar-refractivity contribution is -0.126. The number of fused-ring (bicyclic) bond motifs is 2. The molecule has 2 aliphatic rings. The summed E-state index contributed by atoms with van der Waals surface area (Å²) < 4.78 is 0. The number of carbonyl (C=O) groups is 1. The Kier molecular flexibility index (Phi) is 4.89. The Balaban J connectivity index is 1.61. The van der Waals surface area contributed by atoms with E-state index in [1.54, 1.807) is 0 Å². The number of hydrogen-bond donors (Lipinski definition) is 1. The lowest BCUT2D eigenvalue weighted by atomic mass is 9.88. The first kappa shape index (κ1) is 13.4. The SMILES string of the molecule is CC(CBr)CCCNC(=O)C1CC2CCC1C2. The van der Waals surface area contributed by atoms with E-state index in [9.17, 15) is 4.79 Å². The second-order valence-electron chi connectivity index (χ2n) is 5.97. The summed E-state index contributed by atoms with van der Waals surface area (Å²) in [6, 6.07) is 0. The maximum absolute atomic E-state index is 12.0. The Labute approximate surface area is 113 Å². The van der Waals surface area contributed by atoms with E-state index < -0.39 is 0 Å². The molecular weight excluding hydrogens is 278 g/mol. The number of hydrogen-bond acceptors (Lipinski definition) is 1. The number of rotatable bonds is 6. The summed E-state index contributed by atoms with van der Waals surface area (Å²) in [5.74, 6) is 2.98. The van der Waals surface area contributed by atoms with Crippen LogP contribution in [-0.4, -0.2) is 17.8 Å². The van der Waals surface area contributed by atoms with Gasteiger partial charge in [-0.25, -0.2) is 0 Å². The minimum atomic E-state index is 0.337. The van der Waals surface area contributed by atoms with E-state index in [1.165, 1.54) is 25.7 Å². The van der Waals surface area contributed by atoms with Crippen molar-refractivity contribution >= 4 is 21.8 Å². The molecule has 3 heteroatoms. The monoisotopic (exact) mass is 301 g/mol. The molecule has 0 aliphatic heterocycles. The van der Waals surface area contributed by atoms with Gasteiger partial charge in [0.2, 0.25) is 5.91 Å². The lowest BCUT2D eigenvalue weighted by Crippen LogP contribution is -2.34. The Morgan fingerprint density at radius 2 is 2.24 bits per heavy atom. The molecule has 17 heavy (non-hydrogen) atoms. The third kappa shape index (κ3) is 3.46. The Morgan fingerprint density at radius 1 is 1.41 bits per heavy atom. The fraction of sp³-hybridized carbons (Fsp3) is 0.929. The van der Waals surface area contributed by atoms with Crippen molar-refractivity contribution in [1.29, 1.82) is 0 Å². The molecular formula is C14H24BrNO. The first-order chi connectivity index (χ1) is 8.20. The zero-order valence-corrected chi connectivity index (χ0v) is 12.3. The molecule has 2 nitrogen and oxygen atoms in total. The van der Waals surface area contributed by atoms with Crippen molar-refractivity contribution in [1.82, 2.24) is 5.32 Å². The van der Waals surface area contributed by atoms with Crippen LogP contribution >= 0.6 is 15.9 Å². The fourth-order valence-electron chi connectivity index (χ4n) is 3.44. The minimum absolute atomic E-state index is 0.337. The van der Waals surface area contributed by atoms with Crippen LogP contribution in [0.4, 0.5) is 0 Å². The maximum Gasteiger partial charge on any atom is 0.223 e. The molecule has 0 aromatic carbocycles. The summed E-state index contributed by atoms with van der Waals surface area (Å²) >= 11 is 3.48. The van der Waals surface area contributed by atoms with E-state index in [4.69, 9.17) is 0 Å². The molecule has 0 heterocycles. The van der Waals surface area contributed by atoms with Gasteiger partial charge in [0.25, 0.3) is 0 Å². The summed E-state index contributed by atoms with van der Waals surface area (Å²) in [6.07, 6.45) is 7.45. The van der Waals surface area contributed by atoms with E-state index in [1.807, 2.05) is 0 Å². The van der Waals surface area contributed by atoms with Crippen LogP contribution in [0.5, 0.6) is 0 Å². The number of halogens is 1. The van der Waals surface area contributed by atoms with Crippen LogP contribution in [0, 0.1) is 23.7 Å². The van der Waals surface area contributed by atoms with Crippen LogP contribution in [0.1, 0.15) is 45.4 Å². The van der Waals surface area contributed by atoms with E-state index in [0.717, 1.165) is 36.6 Å². The van der Waals surface area contributed by atoms with Gasteiger partial charge in [0, 0.05) is 17.8 Å². The van der Waals surface area contributed by atoms with Crippen LogP contribution < -0.4 is 5.32 Å². The number of amides is 1. The van der Waals surface area contributed by atoms with E-state index in [0.29, 0.717) is 17.7 Å². The van der Waals surface area contributed by atoms with Crippen molar-refractivity contribution in [2.75, 3.05) is 11.9 Å². The smallest absolute Gasteiger partial charge is 0.223 e. The number of carbonyl (C=O) groups excluding carboxylic acids is 1. The van der Waals surface area contributed by atoms with Gasteiger partial charge in [-0.05, 0) is 49.9 Å². The normalized spacial score (nSPS) is 32.7. The summed E-state index contributed by atoms with van der Waals surface area (Å²) in [5.41, 5.74) is 0. The van der Waals surface area contributed by atoms with Crippen molar-refractivity contribution in [2.45, 2.75) is 45.4 Å². The maximum atomic E-state index is 12.0. The van der Waals surface area contributed by atoms with Gasteiger partial charge in [0.05, 0.1) is 0 Å². The predicted molar refractivity (Wildman–Crippen MR) is 74.1 cm³/mol. The van der Waals surface area contributed by atoms with Gasteiger partial charge in [-0.1, -0.05) is 29.3 Å². The summed E-state index contributed by atoms with van der Waals surface area (Å²) in [4.78, 5) is 12.0. The predicted octanol–water partition coefficient (Wildman–Crippen LogP) is 3.35. The number of alkyl halides is 1. The second-order valence-corrected chi connectivity index (χ2v) is 6.62. The summed E-state index contributed by atoms with van der Waals surface area (Å²) in [7, 11) is 0. The Morgan fingerprint density at radius 3 is 2.82 bits per heavy atom. The van der Waals surface area contributed by atoms with Gasteiger partial charge < -0.3 is 5.32 Å². The Hall–Kier alpha value is -0.0500. The van der Waals surface area contributed by atoms with Gasteiger partial charge in [-0.3, -0.25) is 4.79 Å². The van der Waals surface area contributed by atoms with E-state index in [-0.39, 0.29) is 0 Å². The van der Waals surface area contributed by atoms with Crippen molar-refractivity contribution in [3.63, 3.8) is 0 Å². The van der Waals surface area contributed by atoms with Gasteiger partial charge in [0.1, 0.15) is 0 Å². The molecule has 98 valence electrons. The topological polar surface area (TPSA) is 29.1 Å². The molecule has 1 amide bonds. The number of nitrogens with one attached hydrogen (secondary N) is 1. The molecule has 2 bridgehead atoms. The van der Waals surface area contributed by atoms with Crippen molar-refractivity contribution in [3.05, 3.63) is 0 Å². The van der Waals surface area contributed by atoms with Crippen molar-refractivity contribution in [3.8, 4) is 0 Å². The highest BCUT2D eigenvalue weighted by atomic mass is 79.9. The van der Waals surface area contributed by atoms with E-state index >= 15 is 0 Å². The Bertz CT molecular complexity index is 269.